The van der Waals surface area contributed by atoms with Gasteiger partial charge in [-0.05, 0) is 63.5 Å². The topological polar surface area (TPSA) is 90.6 Å². The Balaban J connectivity index is 1.39. The van der Waals surface area contributed by atoms with Crippen LogP contribution in [0.15, 0.2) is 42.7 Å². The number of nitrogens with zero attached hydrogens (tertiary/aromatic N) is 6. The molecule has 0 atom stereocenters. The highest BCUT2D eigenvalue weighted by atomic mass is 15.1. The van der Waals surface area contributed by atoms with Crippen molar-refractivity contribution in [1.29, 1.82) is 5.26 Å². The lowest BCUT2D eigenvalue weighted by Gasteiger charge is -2.31. The molecule has 0 amide bonds. The van der Waals surface area contributed by atoms with Crippen LogP contribution in [0.5, 0.6) is 0 Å². The number of nitriles is 1. The minimum absolute atomic E-state index is 0.396. The molecule has 0 unspecified atom stereocenters. The summed E-state index contributed by atoms with van der Waals surface area (Å²) < 4.78 is 0. The molecule has 0 spiro atoms. The molecular formula is C23H25N7. The second-order valence-corrected chi connectivity index (χ2v) is 7.77. The molecule has 30 heavy (non-hydrogen) atoms. The Hall–Kier alpha value is -3.37. The normalized spacial score (nSPS) is 15.0. The van der Waals surface area contributed by atoms with E-state index in [0.29, 0.717) is 11.6 Å². The van der Waals surface area contributed by atoms with Crippen molar-refractivity contribution in [2.24, 2.45) is 0 Å². The molecule has 0 saturated carbocycles. The molecule has 4 rings (SSSR count). The van der Waals surface area contributed by atoms with Crippen molar-refractivity contribution in [3.8, 4) is 6.07 Å². The molecule has 3 aromatic heterocycles. The average molecular weight is 400 g/mol. The molecule has 152 valence electrons. The lowest BCUT2D eigenvalue weighted by molar-refractivity contribution is 0.201. The van der Waals surface area contributed by atoms with Crippen LogP contribution >= 0.6 is 0 Å². The Morgan fingerprint density at radius 2 is 1.90 bits per heavy atom. The molecule has 1 N–H and O–H groups in total. The Labute approximate surface area is 176 Å². The zero-order valence-electron chi connectivity index (χ0n) is 17.3. The summed E-state index contributed by atoms with van der Waals surface area (Å²) in [6.07, 6.45) is 5.72. The highest BCUT2D eigenvalue weighted by Crippen LogP contribution is 2.29. The zero-order valence-corrected chi connectivity index (χ0v) is 17.3. The minimum Gasteiger partial charge on any atom is -0.339 e. The first-order valence-corrected chi connectivity index (χ1v) is 10.2. The van der Waals surface area contributed by atoms with Gasteiger partial charge in [-0.15, -0.1) is 0 Å². The van der Waals surface area contributed by atoms with E-state index in [9.17, 15) is 0 Å². The molecule has 3 aromatic rings. The molecule has 1 aliphatic heterocycles. The van der Waals surface area contributed by atoms with Crippen molar-refractivity contribution in [3.05, 3.63) is 71.2 Å². The van der Waals surface area contributed by atoms with Crippen LogP contribution in [-0.4, -0.2) is 37.9 Å². The number of pyridine rings is 2. The minimum atomic E-state index is 0.396. The fourth-order valence-electron chi connectivity index (χ4n) is 3.75. The van der Waals surface area contributed by atoms with Gasteiger partial charge in [-0.1, -0.05) is 6.07 Å². The fraction of sp³-hybridized carbons (Fsp3) is 0.348. The van der Waals surface area contributed by atoms with E-state index in [1.807, 2.05) is 31.3 Å². The van der Waals surface area contributed by atoms with Gasteiger partial charge in [-0.2, -0.15) is 5.26 Å². The summed E-state index contributed by atoms with van der Waals surface area (Å²) in [6, 6.07) is 11.8. The predicted molar refractivity (Wildman–Crippen MR) is 115 cm³/mol. The van der Waals surface area contributed by atoms with Gasteiger partial charge >= 0.3 is 0 Å². The third-order valence-electron chi connectivity index (χ3n) is 5.37. The van der Waals surface area contributed by atoms with Crippen LogP contribution in [0.2, 0.25) is 0 Å². The molecular weight excluding hydrogens is 374 g/mol. The molecule has 0 aliphatic carbocycles. The molecule has 0 aromatic carbocycles. The number of aryl methyl sites for hydroxylation is 2. The van der Waals surface area contributed by atoms with Crippen LogP contribution in [0.3, 0.4) is 0 Å². The summed E-state index contributed by atoms with van der Waals surface area (Å²) in [5.74, 6) is 1.94. The Kier molecular flexibility index (Phi) is 5.96. The lowest BCUT2D eigenvalue weighted by atomic mass is 9.93. The first-order valence-electron chi connectivity index (χ1n) is 10.2. The van der Waals surface area contributed by atoms with E-state index in [4.69, 9.17) is 10.2 Å². The number of nitrogens with one attached hydrogen (secondary N) is 1. The van der Waals surface area contributed by atoms with Crippen LogP contribution < -0.4 is 5.32 Å². The Morgan fingerprint density at radius 3 is 2.57 bits per heavy atom. The van der Waals surface area contributed by atoms with Crippen molar-refractivity contribution in [1.82, 2.24) is 24.8 Å². The second kappa shape index (κ2) is 8.97. The van der Waals surface area contributed by atoms with Crippen molar-refractivity contribution in [2.45, 2.75) is 39.2 Å². The Morgan fingerprint density at radius 1 is 1.07 bits per heavy atom. The van der Waals surface area contributed by atoms with Crippen LogP contribution in [0.4, 0.5) is 11.5 Å². The molecule has 1 saturated heterocycles. The molecule has 4 heterocycles. The number of aromatic nitrogens is 4. The maximum atomic E-state index is 8.89. The molecule has 7 heteroatoms. The number of rotatable bonds is 5. The van der Waals surface area contributed by atoms with E-state index in [1.54, 1.807) is 12.3 Å². The van der Waals surface area contributed by atoms with E-state index in [-0.39, 0.29) is 0 Å². The molecule has 0 bridgehead atoms. The van der Waals surface area contributed by atoms with E-state index >= 15 is 0 Å². The van der Waals surface area contributed by atoms with Gasteiger partial charge in [-0.25, -0.2) is 15.0 Å². The van der Waals surface area contributed by atoms with E-state index in [2.05, 4.69) is 44.2 Å². The SMILES string of the molecule is Cc1ccc(CN2CCC(c3cc(Nc4ccc(C#N)nc4)nc(C)n3)CC2)nc1. The van der Waals surface area contributed by atoms with E-state index in [1.165, 1.54) is 5.56 Å². The van der Waals surface area contributed by atoms with Crippen LogP contribution in [0.25, 0.3) is 0 Å². The smallest absolute Gasteiger partial charge is 0.140 e. The summed E-state index contributed by atoms with van der Waals surface area (Å²) in [5, 5.41) is 12.2. The van der Waals surface area contributed by atoms with Crippen molar-refractivity contribution in [3.63, 3.8) is 0 Å². The first kappa shape index (κ1) is 19.9. The summed E-state index contributed by atoms with van der Waals surface area (Å²) in [7, 11) is 0. The van der Waals surface area contributed by atoms with Crippen LogP contribution in [0.1, 0.15) is 47.2 Å². The first-order chi connectivity index (χ1) is 14.6. The average Bonchev–Trinajstić information content (AvgIpc) is 2.76. The van der Waals surface area contributed by atoms with Gasteiger partial charge in [0.15, 0.2) is 0 Å². The number of likely N-dealkylation sites (tertiary alicyclic amines) is 1. The van der Waals surface area contributed by atoms with Gasteiger partial charge in [0.05, 0.1) is 17.6 Å². The second-order valence-electron chi connectivity index (χ2n) is 7.77. The predicted octanol–water partition coefficient (Wildman–Crippen LogP) is 3.88. The summed E-state index contributed by atoms with van der Waals surface area (Å²) in [5.41, 5.74) is 4.60. The highest BCUT2D eigenvalue weighted by molar-refractivity contribution is 5.55. The summed E-state index contributed by atoms with van der Waals surface area (Å²) in [6.45, 7) is 6.95. The van der Waals surface area contributed by atoms with E-state index < -0.39 is 0 Å². The van der Waals surface area contributed by atoms with Crippen molar-refractivity contribution < 1.29 is 0 Å². The Bertz CT molecular complexity index is 1030. The maximum absolute atomic E-state index is 8.89. The quantitative estimate of drug-likeness (QED) is 0.696. The number of hydrogen-bond acceptors (Lipinski definition) is 7. The van der Waals surface area contributed by atoms with Gasteiger partial charge in [-0.3, -0.25) is 9.88 Å². The molecule has 1 fully saturated rings. The van der Waals surface area contributed by atoms with Crippen LogP contribution in [0, 0.1) is 25.2 Å². The van der Waals surface area contributed by atoms with Crippen molar-refractivity contribution in [2.75, 3.05) is 18.4 Å². The third kappa shape index (κ3) is 4.97. The summed E-state index contributed by atoms with van der Waals surface area (Å²) in [4.78, 5) is 20.3. The summed E-state index contributed by atoms with van der Waals surface area (Å²) >= 11 is 0. The van der Waals surface area contributed by atoms with Gasteiger partial charge < -0.3 is 5.32 Å². The largest absolute Gasteiger partial charge is 0.339 e. The van der Waals surface area contributed by atoms with Crippen LogP contribution in [-0.2, 0) is 6.54 Å². The molecule has 1 aliphatic rings. The van der Waals surface area contributed by atoms with Gasteiger partial charge in [0.1, 0.15) is 23.4 Å². The van der Waals surface area contributed by atoms with Crippen molar-refractivity contribution >= 4 is 11.5 Å². The molecule has 0 radical (unpaired) electrons. The maximum Gasteiger partial charge on any atom is 0.140 e. The van der Waals surface area contributed by atoms with Gasteiger partial charge in [0, 0.05) is 30.4 Å². The van der Waals surface area contributed by atoms with Gasteiger partial charge in [0.2, 0.25) is 0 Å². The standard InChI is InChI=1S/C23H25N7/c1-16-3-4-21(25-13-16)15-30-9-7-18(8-10-30)22-11-23(28-17(2)27-22)29-20-6-5-19(12-24)26-14-20/h3-6,11,13-14,18H,7-10,15H2,1-2H3,(H,27,28,29). The number of piperidine rings is 1. The zero-order chi connectivity index (χ0) is 20.9. The number of anilines is 2. The lowest BCUT2D eigenvalue weighted by Crippen LogP contribution is -2.33. The highest BCUT2D eigenvalue weighted by Gasteiger charge is 2.22. The monoisotopic (exact) mass is 399 g/mol. The fourth-order valence-corrected chi connectivity index (χ4v) is 3.75. The number of hydrogen-bond donors (Lipinski definition) is 1. The third-order valence-corrected chi connectivity index (χ3v) is 5.37. The van der Waals surface area contributed by atoms with Gasteiger partial charge in [0.25, 0.3) is 0 Å². The molecule has 7 nitrogen and oxygen atoms in total. The van der Waals surface area contributed by atoms with E-state index in [0.717, 1.165) is 61.2 Å².